The number of hydrogen-bond donors (Lipinski definition) is 2. The van der Waals surface area contributed by atoms with Crippen molar-refractivity contribution < 1.29 is 36.6 Å². The minimum atomic E-state index is -4.51. The molecule has 0 heterocycles. The van der Waals surface area contributed by atoms with Crippen molar-refractivity contribution in [3.63, 3.8) is 0 Å². The van der Waals surface area contributed by atoms with E-state index in [9.17, 15) is 26.4 Å². The lowest BCUT2D eigenvalue weighted by Crippen LogP contribution is -2.45. The van der Waals surface area contributed by atoms with Crippen molar-refractivity contribution in [1.82, 2.24) is 0 Å². The van der Waals surface area contributed by atoms with Gasteiger partial charge in [0.2, 0.25) is 0 Å². The fourth-order valence-corrected chi connectivity index (χ4v) is 4.11. The van der Waals surface area contributed by atoms with Gasteiger partial charge in [0, 0.05) is 0 Å². The van der Waals surface area contributed by atoms with Gasteiger partial charge in [-0.3, -0.25) is 9.59 Å². The molecule has 0 atom stereocenters. The normalized spacial score (nSPS) is 13.3. The molecular weight excluding hydrogens is 276 g/mol. The molecule has 0 saturated heterocycles. The number of sulfone groups is 2. The molecule has 0 radical (unpaired) electrons. The van der Waals surface area contributed by atoms with E-state index in [2.05, 4.69) is 0 Å². The largest absolute Gasteiger partial charge is 0.480 e. The van der Waals surface area contributed by atoms with Crippen LogP contribution in [0.2, 0.25) is 0 Å². The number of hydrogen-bond acceptors (Lipinski definition) is 6. The fourth-order valence-electron chi connectivity index (χ4n) is 0.866. The van der Waals surface area contributed by atoms with Crippen molar-refractivity contribution in [1.29, 1.82) is 0 Å². The van der Waals surface area contributed by atoms with Crippen LogP contribution in [0.25, 0.3) is 0 Å². The average Bonchev–Trinajstić information content (AvgIpc) is 1.97. The minimum absolute atomic E-state index is 0.767. The monoisotopic (exact) mass is 288 g/mol. The first-order valence-electron chi connectivity index (χ1n) is 4.21. The van der Waals surface area contributed by atoms with Crippen LogP contribution in [0.1, 0.15) is 13.8 Å². The zero-order valence-electron chi connectivity index (χ0n) is 9.07. The highest BCUT2D eigenvalue weighted by atomic mass is 32.3. The highest BCUT2D eigenvalue weighted by Gasteiger charge is 2.48. The summed E-state index contributed by atoms with van der Waals surface area (Å²) in [5.74, 6) is -6.16. The second-order valence-electron chi connectivity index (χ2n) is 3.71. The second-order valence-corrected chi connectivity index (χ2v) is 9.04. The quantitative estimate of drug-likeness (QED) is 0.615. The smallest absolute Gasteiger partial charge is 0.318 e. The third-order valence-corrected chi connectivity index (χ3v) is 7.90. The zero-order valence-corrected chi connectivity index (χ0v) is 10.7. The SMILES string of the molecule is CC(C)(S(=O)(=O)CC(=O)O)S(=O)(=O)CC(=O)O. The Bertz CT molecular complexity index is 476. The molecule has 0 fully saturated rings. The summed E-state index contributed by atoms with van der Waals surface area (Å²) in [5.41, 5.74) is 0. The highest BCUT2D eigenvalue weighted by molar-refractivity contribution is 8.10. The molecule has 2 N–H and O–H groups in total. The lowest BCUT2D eigenvalue weighted by Gasteiger charge is -2.22. The molecule has 8 nitrogen and oxygen atoms in total. The third-order valence-electron chi connectivity index (χ3n) is 2.12. The van der Waals surface area contributed by atoms with Crippen molar-refractivity contribution >= 4 is 31.6 Å². The van der Waals surface area contributed by atoms with Crippen molar-refractivity contribution in [2.75, 3.05) is 11.5 Å². The molecule has 10 heteroatoms. The third kappa shape index (κ3) is 3.40. The van der Waals surface area contributed by atoms with E-state index in [1.807, 2.05) is 0 Å². The van der Waals surface area contributed by atoms with Gasteiger partial charge in [-0.25, -0.2) is 16.8 Å². The maximum Gasteiger partial charge on any atom is 0.318 e. The van der Waals surface area contributed by atoms with Crippen molar-refractivity contribution in [2.24, 2.45) is 0 Å². The molecule has 0 amide bonds. The molecule has 0 aromatic carbocycles. The van der Waals surface area contributed by atoms with Gasteiger partial charge in [-0.2, -0.15) is 0 Å². The van der Waals surface area contributed by atoms with Gasteiger partial charge in [-0.05, 0) is 13.8 Å². The molecule has 100 valence electrons. The molecule has 0 aliphatic heterocycles. The topological polar surface area (TPSA) is 143 Å². The molecular formula is C7H12O8S2. The molecule has 0 aromatic heterocycles. The molecule has 0 aliphatic rings. The van der Waals surface area contributed by atoms with Gasteiger partial charge < -0.3 is 10.2 Å². The van der Waals surface area contributed by atoms with Crippen LogP contribution >= 0.6 is 0 Å². The summed E-state index contributed by atoms with van der Waals surface area (Å²) in [7, 11) is -9.03. The first kappa shape index (κ1) is 15.8. The van der Waals surface area contributed by atoms with E-state index < -0.39 is 47.2 Å². The zero-order chi connectivity index (χ0) is 14.1. The maximum atomic E-state index is 11.5. The van der Waals surface area contributed by atoms with Gasteiger partial charge in [0.05, 0.1) is 0 Å². The number of carboxylic acid groups (broad SMARTS) is 2. The Morgan fingerprint density at radius 2 is 1.12 bits per heavy atom. The maximum absolute atomic E-state index is 11.5. The summed E-state index contributed by atoms with van der Waals surface area (Å²) in [4.78, 5) is 20.6. The van der Waals surface area contributed by atoms with Gasteiger partial charge in [-0.15, -0.1) is 0 Å². The van der Waals surface area contributed by atoms with E-state index in [0.717, 1.165) is 13.8 Å². The van der Waals surface area contributed by atoms with Crippen LogP contribution in [-0.4, -0.2) is 54.6 Å². The summed E-state index contributed by atoms with van der Waals surface area (Å²) in [6.45, 7) is 1.53. The van der Waals surface area contributed by atoms with Gasteiger partial charge in [0.15, 0.2) is 23.8 Å². The van der Waals surface area contributed by atoms with E-state index in [4.69, 9.17) is 10.2 Å². The first-order chi connectivity index (χ1) is 7.33. The predicted molar refractivity (Wildman–Crippen MR) is 56.9 cm³/mol. The molecule has 17 heavy (non-hydrogen) atoms. The number of carbonyl (C=O) groups is 2. The molecule has 0 aliphatic carbocycles. The Hall–Kier alpha value is -1.16. The van der Waals surface area contributed by atoms with E-state index >= 15 is 0 Å². The molecule has 0 saturated carbocycles. The Morgan fingerprint density at radius 3 is 1.29 bits per heavy atom. The van der Waals surface area contributed by atoms with Crippen molar-refractivity contribution in [3.05, 3.63) is 0 Å². The van der Waals surface area contributed by atoms with Crippen molar-refractivity contribution in [2.45, 2.75) is 17.9 Å². The minimum Gasteiger partial charge on any atom is -0.480 e. The molecule has 0 aromatic rings. The van der Waals surface area contributed by atoms with Crippen molar-refractivity contribution in [3.8, 4) is 0 Å². The lowest BCUT2D eigenvalue weighted by atomic mass is 10.5. The number of aliphatic carboxylic acids is 2. The standard InChI is InChI=1S/C7H12O8S2/c1-7(2,16(12,13)3-5(8)9)17(14,15)4-6(10)11/h3-4H2,1-2H3,(H,8,9)(H,10,11). The lowest BCUT2D eigenvalue weighted by molar-refractivity contribution is -0.135. The molecule has 0 rings (SSSR count). The van der Waals surface area contributed by atoms with Gasteiger partial charge in [-0.1, -0.05) is 0 Å². The Labute approximate surface area is 98.1 Å². The number of rotatable bonds is 6. The van der Waals surface area contributed by atoms with Gasteiger partial charge >= 0.3 is 11.9 Å². The van der Waals surface area contributed by atoms with Crippen LogP contribution in [0.15, 0.2) is 0 Å². The summed E-state index contributed by atoms with van der Waals surface area (Å²) in [6.07, 6.45) is 0. The van der Waals surface area contributed by atoms with Crippen LogP contribution in [0.4, 0.5) is 0 Å². The molecule has 0 bridgehead atoms. The average molecular weight is 288 g/mol. The summed E-state index contributed by atoms with van der Waals surface area (Å²) in [6, 6.07) is 0. The fraction of sp³-hybridized carbons (Fsp3) is 0.714. The van der Waals surface area contributed by atoms with Crippen LogP contribution in [-0.2, 0) is 29.3 Å². The Kier molecular flexibility index (Phi) is 4.29. The first-order valence-corrected chi connectivity index (χ1v) is 7.52. The van der Waals surface area contributed by atoms with Gasteiger partial charge in [0.1, 0.15) is 11.5 Å². The van der Waals surface area contributed by atoms with Gasteiger partial charge in [0.25, 0.3) is 0 Å². The Morgan fingerprint density at radius 1 is 0.882 bits per heavy atom. The summed E-state index contributed by atoms with van der Waals surface area (Å²) in [5, 5.41) is 16.7. The number of carboxylic acids is 2. The second kappa shape index (κ2) is 4.61. The molecule has 0 spiro atoms. The predicted octanol–water partition coefficient (Wildman–Crippen LogP) is -1.28. The van der Waals surface area contributed by atoms with E-state index in [-0.39, 0.29) is 0 Å². The summed E-state index contributed by atoms with van der Waals surface area (Å²) >= 11 is 0. The van der Waals surface area contributed by atoms with E-state index in [0.29, 0.717) is 0 Å². The van der Waals surface area contributed by atoms with Crippen LogP contribution in [0, 0.1) is 0 Å². The van der Waals surface area contributed by atoms with Crippen LogP contribution in [0.5, 0.6) is 0 Å². The summed E-state index contributed by atoms with van der Waals surface area (Å²) < 4.78 is 43.7. The van der Waals surface area contributed by atoms with E-state index in [1.54, 1.807) is 0 Å². The van der Waals surface area contributed by atoms with Crippen LogP contribution in [0.3, 0.4) is 0 Å². The molecule has 0 unspecified atom stereocenters. The van der Waals surface area contributed by atoms with E-state index in [1.165, 1.54) is 0 Å². The highest BCUT2D eigenvalue weighted by Crippen LogP contribution is 2.25. The van der Waals surface area contributed by atoms with Crippen LogP contribution < -0.4 is 0 Å². The Balaban J connectivity index is 5.56.